The van der Waals surface area contributed by atoms with Gasteiger partial charge in [-0.1, -0.05) is 17.7 Å². The average Bonchev–Trinajstić information content (AvgIpc) is 2.56. The molecular formula is C12H11ClF2N2O. The summed E-state index contributed by atoms with van der Waals surface area (Å²) in [6.07, 6.45) is -1.14. The van der Waals surface area contributed by atoms with Gasteiger partial charge in [-0.3, -0.25) is 4.68 Å². The molecule has 1 aromatic carbocycles. The summed E-state index contributed by atoms with van der Waals surface area (Å²) in [5.74, 6) is -1.97. The first-order valence-electron chi connectivity index (χ1n) is 5.23. The number of benzene rings is 1. The summed E-state index contributed by atoms with van der Waals surface area (Å²) in [6.45, 7) is 1.68. The van der Waals surface area contributed by atoms with Gasteiger partial charge < -0.3 is 5.11 Å². The third kappa shape index (κ3) is 2.11. The minimum Gasteiger partial charge on any atom is -0.383 e. The first-order valence-corrected chi connectivity index (χ1v) is 5.61. The number of halogens is 3. The molecule has 2 aromatic rings. The van der Waals surface area contributed by atoms with Gasteiger partial charge in [0.15, 0.2) is 11.6 Å². The minimum atomic E-state index is -1.14. The van der Waals surface area contributed by atoms with Crippen molar-refractivity contribution in [2.75, 3.05) is 0 Å². The van der Waals surface area contributed by atoms with E-state index in [2.05, 4.69) is 5.10 Å². The Labute approximate surface area is 108 Å². The molecular weight excluding hydrogens is 262 g/mol. The van der Waals surface area contributed by atoms with Gasteiger partial charge in [-0.15, -0.1) is 0 Å². The molecule has 3 nitrogen and oxygen atoms in total. The average molecular weight is 273 g/mol. The fraction of sp³-hybridized carbons (Fsp3) is 0.250. The van der Waals surface area contributed by atoms with E-state index < -0.39 is 17.7 Å². The van der Waals surface area contributed by atoms with Crippen LogP contribution in [0.5, 0.6) is 0 Å². The van der Waals surface area contributed by atoms with E-state index in [0.717, 1.165) is 12.1 Å². The van der Waals surface area contributed by atoms with Crippen molar-refractivity contribution >= 4 is 11.6 Å². The molecule has 2 rings (SSSR count). The Hall–Kier alpha value is -1.46. The number of aliphatic hydroxyl groups excluding tert-OH is 1. The van der Waals surface area contributed by atoms with E-state index in [4.69, 9.17) is 11.6 Å². The van der Waals surface area contributed by atoms with Gasteiger partial charge >= 0.3 is 0 Å². The summed E-state index contributed by atoms with van der Waals surface area (Å²) in [5.41, 5.74) is 1.16. The van der Waals surface area contributed by atoms with Crippen LogP contribution in [-0.2, 0) is 7.05 Å². The van der Waals surface area contributed by atoms with Crippen LogP contribution in [0.2, 0.25) is 5.15 Å². The molecule has 0 saturated carbocycles. The molecule has 0 spiro atoms. The Bertz CT molecular complexity index is 598. The molecule has 0 saturated heterocycles. The number of aliphatic hydroxyl groups is 1. The Morgan fingerprint density at radius 1 is 1.33 bits per heavy atom. The fourth-order valence-electron chi connectivity index (χ4n) is 1.81. The van der Waals surface area contributed by atoms with Crippen molar-refractivity contribution in [3.8, 4) is 0 Å². The molecule has 0 bridgehead atoms. The van der Waals surface area contributed by atoms with Gasteiger partial charge in [-0.25, -0.2) is 8.78 Å². The van der Waals surface area contributed by atoms with Gasteiger partial charge in [-0.05, 0) is 24.6 Å². The van der Waals surface area contributed by atoms with Crippen LogP contribution in [0.1, 0.15) is 22.9 Å². The second-order valence-corrected chi connectivity index (χ2v) is 4.35. The topological polar surface area (TPSA) is 38.0 Å². The first-order chi connectivity index (χ1) is 8.41. The summed E-state index contributed by atoms with van der Waals surface area (Å²) in [6, 6.07) is 3.22. The first kappa shape index (κ1) is 13.0. The highest BCUT2D eigenvalue weighted by Crippen LogP contribution is 2.31. The zero-order valence-electron chi connectivity index (χ0n) is 9.78. The molecule has 6 heteroatoms. The van der Waals surface area contributed by atoms with Gasteiger partial charge in [-0.2, -0.15) is 5.10 Å². The van der Waals surface area contributed by atoms with E-state index in [-0.39, 0.29) is 10.7 Å². The van der Waals surface area contributed by atoms with E-state index in [9.17, 15) is 13.9 Å². The Morgan fingerprint density at radius 3 is 2.50 bits per heavy atom. The smallest absolute Gasteiger partial charge is 0.159 e. The standard InChI is InChI=1S/C12H11ClF2N2O/c1-6-10(12(13)17(2)16-6)11(18)7-3-4-8(14)9(15)5-7/h3-5,11,18H,1-2H3. The third-order valence-electron chi connectivity index (χ3n) is 2.73. The van der Waals surface area contributed by atoms with E-state index in [0.29, 0.717) is 11.3 Å². The molecule has 0 amide bonds. The van der Waals surface area contributed by atoms with Crippen LogP contribution < -0.4 is 0 Å². The molecule has 1 atom stereocenters. The lowest BCUT2D eigenvalue weighted by atomic mass is 10.0. The van der Waals surface area contributed by atoms with Crippen molar-refractivity contribution in [1.82, 2.24) is 9.78 Å². The van der Waals surface area contributed by atoms with Gasteiger partial charge in [0, 0.05) is 12.6 Å². The summed E-state index contributed by atoms with van der Waals surface area (Å²) < 4.78 is 27.4. The van der Waals surface area contributed by atoms with E-state index >= 15 is 0 Å². The van der Waals surface area contributed by atoms with Gasteiger partial charge in [0.1, 0.15) is 11.3 Å². The lowest BCUT2D eigenvalue weighted by Gasteiger charge is -2.11. The summed E-state index contributed by atoms with van der Waals surface area (Å²) in [5, 5.41) is 14.5. The lowest BCUT2D eigenvalue weighted by Crippen LogP contribution is -2.02. The van der Waals surface area contributed by atoms with Crippen LogP contribution in [-0.4, -0.2) is 14.9 Å². The molecule has 96 valence electrons. The number of hydrogen-bond acceptors (Lipinski definition) is 2. The highest BCUT2D eigenvalue weighted by atomic mass is 35.5. The molecule has 0 fully saturated rings. The number of aryl methyl sites for hydroxylation is 2. The van der Waals surface area contributed by atoms with Crippen molar-refractivity contribution in [2.45, 2.75) is 13.0 Å². The second kappa shape index (κ2) is 4.66. The zero-order chi connectivity index (χ0) is 13.4. The molecule has 1 heterocycles. The van der Waals surface area contributed by atoms with E-state index in [1.807, 2.05) is 0 Å². The quantitative estimate of drug-likeness (QED) is 0.913. The van der Waals surface area contributed by atoms with Crippen molar-refractivity contribution in [1.29, 1.82) is 0 Å². The largest absolute Gasteiger partial charge is 0.383 e. The van der Waals surface area contributed by atoms with Crippen molar-refractivity contribution < 1.29 is 13.9 Å². The second-order valence-electron chi connectivity index (χ2n) is 3.99. The maximum Gasteiger partial charge on any atom is 0.159 e. The minimum absolute atomic E-state index is 0.229. The Morgan fingerprint density at radius 2 is 2.00 bits per heavy atom. The van der Waals surface area contributed by atoms with Crippen LogP contribution in [0, 0.1) is 18.6 Å². The number of rotatable bonds is 2. The molecule has 0 aliphatic heterocycles. The van der Waals surface area contributed by atoms with Crippen LogP contribution in [0.15, 0.2) is 18.2 Å². The van der Waals surface area contributed by atoms with Crippen LogP contribution >= 0.6 is 11.6 Å². The Balaban J connectivity index is 2.47. The normalized spacial score (nSPS) is 12.8. The Kier molecular flexibility index (Phi) is 3.36. The van der Waals surface area contributed by atoms with Gasteiger partial charge in [0.05, 0.1) is 5.69 Å². The highest BCUT2D eigenvalue weighted by Gasteiger charge is 2.21. The van der Waals surface area contributed by atoms with Crippen molar-refractivity contribution in [2.24, 2.45) is 7.05 Å². The van der Waals surface area contributed by atoms with Crippen LogP contribution in [0.25, 0.3) is 0 Å². The summed E-state index contributed by atoms with van der Waals surface area (Å²) in [4.78, 5) is 0. The maximum absolute atomic E-state index is 13.1. The molecule has 1 N–H and O–H groups in total. The molecule has 1 aromatic heterocycles. The predicted molar refractivity (Wildman–Crippen MR) is 63.4 cm³/mol. The molecule has 1 unspecified atom stereocenters. The maximum atomic E-state index is 13.1. The van der Waals surface area contributed by atoms with Crippen molar-refractivity contribution in [3.05, 3.63) is 51.8 Å². The molecule has 0 aliphatic rings. The van der Waals surface area contributed by atoms with E-state index in [1.165, 1.54) is 10.7 Å². The number of hydrogen-bond donors (Lipinski definition) is 1. The van der Waals surface area contributed by atoms with Gasteiger partial charge in [0.25, 0.3) is 0 Å². The summed E-state index contributed by atoms with van der Waals surface area (Å²) >= 11 is 6.00. The van der Waals surface area contributed by atoms with Crippen LogP contribution in [0.3, 0.4) is 0 Å². The molecule has 18 heavy (non-hydrogen) atoms. The van der Waals surface area contributed by atoms with Gasteiger partial charge in [0.2, 0.25) is 0 Å². The predicted octanol–water partition coefficient (Wildman–Crippen LogP) is 2.74. The van der Waals surface area contributed by atoms with Crippen molar-refractivity contribution in [3.63, 3.8) is 0 Å². The highest BCUT2D eigenvalue weighted by molar-refractivity contribution is 6.30. The fourth-order valence-corrected chi connectivity index (χ4v) is 2.08. The van der Waals surface area contributed by atoms with Crippen LogP contribution in [0.4, 0.5) is 8.78 Å². The monoisotopic (exact) mass is 272 g/mol. The van der Waals surface area contributed by atoms with E-state index in [1.54, 1.807) is 14.0 Å². The SMILES string of the molecule is Cc1nn(C)c(Cl)c1C(O)c1ccc(F)c(F)c1. The molecule has 0 aliphatic carbocycles. The number of nitrogens with zero attached hydrogens (tertiary/aromatic N) is 2. The summed E-state index contributed by atoms with van der Waals surface area (Å²) in [7, 11) is 1.64. The molecule has 0 radical (unpaired) electrons. The third-order valence-corrected chi connectivity index (χ3v) is 3.18. The number of aromatic nitrogens is 2. The zero-order valence-corrected chi connectivity index (χ0v) is 10.5. The lowest BCUT2D eigenvalue weighted by molar-refractivity contribution is 0.219.